The Bertz CT molecular complexity index is 562. The van der Waals surface area contributed by atoms with E-state index in [1.165, 1.54) is 24.8 Å². The van der Waals surface area contributed by atoms with Gasteiger partial charge >= 0.3 is 0 Å². The van der Waals surface area contributed by atoms with Crippen LogP contribution < -0.4 is 5.32 Å². The maximum atomic E-state index is 12.8. The molecule has 4 nitrogen and oxygen atoms in total. The zero-order valence-electron chi connectivity index (χ0n) is 15.9. The highest BCUT2D eigenvalue weighted by molar-refractivity contribution is 5.87. The van der Waals surface area contributed by atoms with Crippen molar-refractivity contribution in [3.8, 4) is 0 Å². The summed E-state index contributed by atoms with van der Waals surface area (Å²) in [5.41, 5.74) is 2.26. The lowest BCUT2D eigenvalue weighted by atomic mass is 9.95. The molecule has 1 aromatic carbocycles. The molecule has 4 heteroatoms. The van der Waals surface area contributed by atoms with E-state index in [1.54, 1.807) is 4.90 Å². The molecule has 0 radical (unpaired) electrons. The molecule has 0 saturated heterocycles. The minimum Gasteiger partial charge on any atom is -0.352 e. The molecule has 138 valence electrons. The molecule has 1 aromatic rings. The van der Waals surface area contributed by atoms with E-state index in [9.17, 15) is 9.59 Å². The fourth-order valence-electron chi connectivity index (χ4n) is 3.56. The third-order valence-corrected chi connectivity index (χ3v) is 5.11. The number of hydrogen-bond donors (Lipinski definition) is 1. The second-order valence-electron chi connectivity index (χ2n) is 7.13. The second-order valence-corrected chi connectivity index (χ2v) is 7.13. The molecule has 1 saturated carbocycles. The summed E-state index contributed by atoms with van der Waals surface area (Å²) in [7, 11) is 0. The van der Waals surface area contributed by atoms with Crippen LogP contribution in [0.1, 0.15) is 69.9 Å². The fourth-order valence-corrected chi connectivity index (χ4v) is 3.56. The molecule has 1 N–H and O–H groups in total. The quantitative estimate of drug-likeness (QED) is 0.814. The number of benzene rings is 1. The van der Waals surface area contributed by atoms with Crippen molar-refractivity contribution >= 4 is 11.8 Å². The summed E-state index contributed by atoms with van der Waals surface area (Å²) in [6.07, 6.45) is 6.79. The van der Waals surface area contributed by atoms with Crippen LogP contribution >= 0.6 is 0 Å². The zero-order valence-corrected chi connectivity index (χ0v) is 15.9. The van der Waals surface area contributed by atoms with Crippen LogP contribution in [0, 0.1) is 6.92 Å². The minimum absolute atomic E-state index is 0.00307. The van der Waals surface area contributed by atoms with Crippen molar-refractivity contribution in [2.24, 2.45) is 0 Å². The lowest BCUT2D eigenvalue weighted by molar-refractivity contribution is -0.141. The minimum atomic E-state index is -0.393. The number of aryl methyl sites for hydroxylation is 1. The summed E-state index contributed by atoms with van der Waals surface area (Å²) in [5.74, 6) is 0.0366. The van der Waals surface area contributed by atoms with Gasteiger partial charge in [0.25, 0.3) is 0 Å². The predicted molar refractivity (Wildman–Crippen MR) is 101 cm³/mol. The van der Waals surface area contributed by atoms with E-state index in [0.29, 0.717) is 19.4 Å². The van der Waals surface area contributed by atoms with Gasteiger partial charge in [0.05, 0.1) is 0 Å². The van der Waals surface area contributed by atoms with Crippen molar-refractivity contribution in [1.82, 2.24) is 10.2 Å². The Morgan fingerprint density at radius 2 is 1.76 bits per heavy atom. The van der Waals surface area contributed by atoms with Crippen LogP contribution in [-0.4, -0.2) is 28.8 Å². The van der Waals surface area contributed by atoms with E-state index >= 15 is 0 Å². The van der Waals surface area contributed by atoms with Gasteiger partial charge in [0.1, 0.15) is 6.04 Å². The molecule has 25 heavy (non-hydrogen) atoms. The number of nitrogens with one attached hydrogen (secondary N) is 1. The van der Waals surface area contributed by atoms with Crippen LogP contribution in [0.5, 0.6) is 0 Å². The van der Waals surface area contributed by atoms with Gasteiger partial charge in [-0.2, -0.15) is 0 Å². The molecule has 0 aromatic heterocycles. The van der Waals surface area contributed by atoms with Crippen molar-refractivity contribution in [2.45, 2.75) is 84.3 Å². The second kappa shape index (κ2) is 9.59. The standard InChI is InChI=1S/C21H32N2O2/c1-4-19(21(25)22-18-9-7-6-8-10-18)23(20(24)5-2)15-17-13-11-16(3)12-14-17/h11-14,18-19H,4-10,15H2,1-3H3,(H,22,25)/t19-/m1/s1. The number of hydrogen-bond acceptors (Lipinski definition) is 2. The summed E-state index contributed by atoms with van der Waals surface area (Å²) < 4.78 is 0. The molecule has 2 amide bonds. The van der Waals surface area contributed by atoms with Gasteiger partial charge in [-0.1, -0.05) is 62.9 Å². The predicted octanol–water partition coefficient (Wildman–Crippen LogP) is 3.96. The average molecular weight is 344 g/mol. The van der Waals surface area contributed by atoms with Gasteiger partial charge in [0, 0.05) is 19.0 Å². The normalized spacial score (nSPS) is 16.3. The molecule has 2 rings (SSSR count). The third kappa shape index (κ3) is 5.58. The summed E-state index contributed by atoms with van der Waals surface area (Å²) in [5, 5.41) is 3.19. The Labute approximate surface area is 152 Å². The van der Waals surface area contributed by atoms with Gasteiger partial charge in [0.15, 0.2) is 0 Å². The molecular formula is C21H32N2O2. The molecule has 0 bridgehead atoms. The fraction of sp³-hybridized carbons (Fsp3) is 0.619. The van der Waals surface area contributed by atoms with Gasteiger partial charge in [-0.25, -0.2) is 0 Å². The van der Waals surface area contributed by atoms with E-state index in [-0.39, 0.29) is 17.9 Å². The molecule has 1 fully saturated rings. The van der Waals surface area contributed by atoms with Crippen molar-refractivity contribution in [1.29, 1.82) is 0 Å². The molecule has 0 spiro atoms. The van der Waals surface area contributed by atoms with Crippen molar-refractivity contribution in [3.05, 3.63) is 35.4 Å². The maximum Gasteiger partial charge on any atom is 0.243 e. The first-order chi connectivity index (χ1) is 12.0. The van der Waals surface area contributed by atoms with E-state index in [4.69, 9.17) is 0 Å². The molecule has 0 aliphatic heterocycles. The monoisotopic (exact) mass is 344 g/mol. The SMILES string of the molecule is CCC(=O)N(Cc1ccc(C)cc1)[C@H](CC)C(=O)NC1CCCCC1. The van der Waals surface area contributed by atoms with Crippen LogP contribution in [0.4, 0.5) is 0 Å². The number of rotatable bonds is 7. The summed E-state index contributed by atoms with van der Waals surface area (Å²) in [6.45, 7) is 6.38. The van der Waals surface area contributed by atoms with Crippen molar-refractivity contribution < 1.29 is 9.59 Å². The Hall–Kier alpha value is -1.84. The lowest BCUT2D eigenvalue weighted by Gasteiger charge is -2.32. The summed E-state index contributed by atoms with van der Waals surface area (Å²) in [6, 6.07) is 8.05. The first-order valence-electron chi connectivity index (χ1n) is 9.70. The van der Waals surface area contributed by atoms with Gasteiger partial charge < -0.3 is 10.2 Å². The van der Waals surface area contributed by atoms with E-state index in [2.05, 4.69) is 5.32 Å². The Morgan fingerprint density at radius 3 is 2.32 bits per heavy atom. The van der Waals surface area contributed by atoms with Gasteiger partial charge in [-0.3, -0.25) is 9.59 Å². The van der Waals surface area contributed by atoms with Crippen LogP contribution in [0.2, 0.25) is 0 Å². The third-order valence-electron chi connectivity index (χ3n) is 5.11. The van der Waals surface area contributed by atoms with Gasteiger partial charge in [-0.05, 0) is 31.7 Å². The van der Waals surface area contributed by atoms with Crippen molar-refractivity contribution in [2.75, 3.05) is 0 Å². The molecule has 0 unspecified atom stereocenters. The number of amides is 2. The lowest BCUT2D eigenvalue weighted by Crippen LogP contribution is -2.51. The summed E-state index contributed by atoms with van der Waals surface area (Å²) in [4.78, 5) is 27.1. The molecule has 1 aliphatic rings. The number of nitrogens with zero attached hydrogens (tertiary/aromatic N) is 1. The van der Waals surface area contributed by atoms with Gasteiger partial charge in [0.2, 0.25) is 11.8 Å². The Balaban J connectivity index is 2.10. The molecule has 0 heterocycles. The first-order valence-corrected chi connectivity index (χ1v) is 9.70. The smallest absolute Gasteiger partial charge is 0.243 e. The van der Waals surface area contributed by atoms with E-state index in [1.807, 2.05) is 45.0 Å². The van der Waals surface area contributed by atoms with Crippen LogP contribution in [0.3, 0.4) is 0 Å². The Kier molecular flexibility index (Phi) is 7.48. The highest BCUT2D eigenvalue weighted by Crippen LogP contribution is 2.19. The molecular weight excluding hydrogens is 312 g/mol. The zero-order chi connectivity index (χ0) is 18.2. The highest BCUT2D eigenvalue weighted by atomic mass is 16.2. The van der Waals surface area contributed by atoms with Crippen LogP contribution in [-0.2, 0) is 16.1 Å². The summed E-state index contributed by atoms with van der Waals surface area (Å²) >= 11 is 0. The van der Waals surface area contributed by atoms with Crippen LogP contribution in [0.25, 0.3) is 0 Å². The number of carbonyl (C=O) groups is 2. The highest BCUT2D eigenvalue weighted by Gasteiger charge is 2.29. The average Bonchev–Trinajstić information content (AvgIpc) is 2.63. The molecule has 1 atom stereocenters. The van der Waals surface area contributed by atoms with Crippen LogP contribution in [0.15, 0.2) is 24.3 Å². The van der Waals surface area contributed by atoms with E-state index < -0.39 is 6.04 Å². The number of carbonyl (C=O) groups excluding carboxylic acids is 2. The molecule has 1 aliphatic carbocycles. The maximum absolute atomic E-state index is 12.8. The van der Waals surface area contributed by atoms with E-state index in [0.717, 1.165) is 18.4 Å². The Morgan fingerprint density at radius 1 is 1.12 bits per heavy atom. The topological polar surface area (TPSA) is 49.4 Å². The first kappa shape index (κ1) is 19.5. The van der Waals surface area contributed by atoms with Gasteiger partial charge in [-0.15, -0.1) is 0 Å². The van der Waals surface area contributed by atoms with Crippen molar-refractivity contribution in [3.63, 3.8) is 0 Å². The largest absolute Gasteiger partial charge is 0.352 e.